The zero-order chi connectivity index (χ0) is 22.6. The number of aryl methyl sites for hydroxylation is 1. The van der Waals surface area contributed by atoms with Crippen LogP contribution in [-0.4, -0.2) is 46.3 Å². The summed E-state index contributed by atoms with van der Waals surface area (Å²) in [5.41, 5.74) is -2.72. The van der Waals surface area contributed by atoms with E-state index in [1.807, 2.05) is 6.07 Å². The average molecular weight is 455 g/mol. The molecule has 3 aliphatic rings. The predicted octanol–water partition coefficient (Wildman–Crippen LogP) is 3.71. The number of hydrogen-bond acceptors (Lipinski definition) is 4. The van der Waals surface area contributed by atoms with Gasteiger partial charge in [0.15, 0.2) is 0 Å². The second kappa shape index (κ2) is 7.40. The predicted molar refractivity (Wildman–Crippen MR) is 104 cm³/mol. The highest BCUT2D eigenvalue weighted by Crippen LogP contribution is 2.59. The lowest BCUT2D eigenvalue weighted by atomic mass is 10.0. The normalized spacial score (nSPS) is 25.6. The fraction of sp³-hybridized carbons (Fsp3) is 0.571. The van der Waals surface area contributed by atoms with Crippen molar-refractivity contribution in [1.29, 1.82) is 5.26 Å². The third-order valence-electron chi connectivity index (χ3n) is 6.29. The van der Waals surface area contributed by atoms with Gasteiger partial charge in [-0.1, -0.05) is 0 Å². The minimum Gasteiger partial charge on any atom is -0.336 e. The van der Waals surface area contributed by atoms with Crippen LogP contribution in [-0.2, 0) is 9.59 Å². The second-order valence-corrected chi connectivity index (χ2v) is 9.96. The first-order valence-corrected chi connectivity index (χ1v) is 10.9. The molecule has 0 aromatic heterocycles. The van der Waals surface area contributed by atoms with Crippen LogP contribution in [0.15, 0.2) is 23.1 Å². The topological polar surface area (TPSA) is 73.2 Å². The van der Waals surface area contributed by atoms with E-state index >= 15 is 0 Å². The van der Waals surface area contributed by atoms with Crippen molar-refractivity contribution in [1.82, 2.24) is 10.2 Å². The van der Waals surface area contributed by atoms with Crippen LogP contribution in [0.25, 0.3) is 0 Å². The van der Waals surface area contributed by atoms with E-state index < -0.39 is 40.8 Å². The Morgan fingerprint density at radius 3 is 2.45 bits per heavy atom. The van der Waals surface area contributed by atoms with Gasteiger partial charge in [0.25, 0.3) is 0 Å². The van der Waals surface area contributed by atoms with Gasteiger partial charge < -0.3 is 10.2 Å². The molecule has 1 saturated heterocycles. The summed E-state index contributed by atoms with van der Waals surface area (Å²) in [6.07, 6.45) is -4.11. The molecule has 1 heterocycles. The molecular weight excluding hydrogens is 434 g/mol. The second-order valence-electron chi connectivity index (χ2n) is 8.62. The number of nitrogens with zero attached hydrogens (tertiary/aromatic N) is 2. The van der Waals surface area contributed by atoms with Crippen molar-refractivity contribution in [3.05, 3.63) is 29.6 Å². The minimum atomic E-state index is -4.67. The Morgan fingerprint density at radius 1 is 1.26 bits per heavy atom. The van der Waals surface area contributed by atoms with Crippen molar-refractivity contribution < 1.29 is 27.2 Å². The Balaban J connectivity index is 1.56. The summed E-state index contributed by atoms with van der Waals surface area (Å²) in [7, 11) is 0. The van der Waals surface area contributed by atoms with Crippen LogP contribution in [0.3, 0.4) is 0 Å². The molecule has 2 aliphatic carbocycles. The number of likely N-dealkylation sites (tertiary alicyclic amines) is 1. The fourth-order valence-corrected chi connectivity index (χ4v) is 5.27. The maximum absolute atomic E-state index is 13.6. The highest BCUT2D eigenvalue weighted by Gasteiger charge is 2.70. The molecule has 0 bridgehead atoms. The maximum atomic E-state index is 13.6. The molecule has 10 heteroatoms. The first-order chi connectivity index (χ1) is 14.5. The van der Waals surface area contributed by atoms with Gasteiger partial charge in [0.1, 0.15) is 22.8 Å². The smallest absolute Gasteiger partial charge is 0.336 e. The molecule has 4 rings (SSSR count). The van der Waals surface area contributed by atoms with Crippen LogP contribution < -0.4 is 5.32 Å². The number of hydrogen-bond donors (Lipinski definition) is 1. The number of halogens is 4. The molecular formula is C21H21F4N3O2S. The monoisotopic (exact) mass is 455 g/mol. The number of thioether (sulfide) groups is 1. The van der Waals surface area contributed by atoms with Gasteiger partial charge in [-0.15, -0.1) is 11.8 Å². The molecule has 0 unspecified atom stereocenters. The molecule has 1 aromatic rings. The maximum Gasteiger partial charge on any atom is 0.403 e. The average Bonchev–Trinajstić information content (AvgIpc) is 3.61. The van der Waals surface area contributed by atoms with E-state index in [0.717, 1.165) is 9.80 Å². The van der Waals surface area contributed by atoms with Gasteiger partial charge in [0.05, 0.1) is 6.07 Å². The molecule has 1 N–H and O–H groups in total. The van der Waals surface area contributed by atoms with Gasteiger partial charge >= 0.3 is 6.18 Å². The fourth-order valence-electron chi connectivity index (χ4n) is 4.01. The molecule has 5 nitrogen and oxygen atoms in total. The molecule has 1 aliphatic heterocycles. The molecule has 1 aromatic carbocycles. The van der Waals surface area contributed by atoms with Gasteiger partial charge in [-0.25, -0.2) is 4.39 Å². The Bertz CT molecular complexity index is 966. The number of rotatable bonds is 5. The van der Waals surface area contributed by atoms with Crippen LogP contribution in [0.5, 0.6) is 0 Å². The van der Waals surface area contributed by atoms with Crippen LogP contribution in [0.4, 0.5) is 17.6 Å². The van der Waals surface area contributed by atoms with E-state index in [-0.39, 0.29) is 31.1 Å². The Labute approximate surface area is 181 Å². The SMILES string of the molecule is Cc1cc(F)ccc1S[C@@H]1C[C@@H](C(=O)NC2(C#N)CC2)N(C(=O)C2(C(F)(F)F)CC2)C1. The summed E-state index contributed by atoms with van der Waals surface area (Å²) in [4.78, 5) is 27.6. The minimum absolute atomic E-state index is 0.0181. The third kappa shape index (κ3) is 4.00. The lowest BCUT2D eigenvalue weighted by Gasteiger charge is -2.29. The van der Waals surface area contributed by atoms with E-state index in [1.165, 1.54) is 23.9 Å². The van der Waals surface area contributed by atoms with Crippen molar-refractivity contribution >= 4 is 23.6 Å². The standard InChI is InChI=1S/C21H21F4N3O2S/c1-12-8-13(22)2-3-16(12)31-14-9-15(17(29)27-19(11-26)4-5-19)28(10-14)18(30)20(6-7-20)21(23,24)25/h2-3,8,14-15H,4-7,9-10H2,1H3,(H,27,29)/t14-,15+/m1/s1. The van der Waals surface area contributed by atoms with Crippen LogP contribution in [0.1, 0.15) is 37.7 Å². The van der Waals surface area contributed by atoms with Crippen molar-refractivity contribution in [2.45, 2.75) is 66.9 Å². The van der Waals surface area contributed by atoms with E-state index in [0.29, 0.717) is 18.4 Å². The number of carbonyl (C=O) groups excluding carboxylic acids is 2. The summed E-state index contributed by atoms with van der Waals surface area (Å²) in [5, 5.41) is 11.5. The Morgan fingerprint density at radius 2 is 1.94 bits per heavy atom. The van der Waals surface area contributed by atoms with Gasteiger partial charge in [0, 0.05) is 16.7 Å². The van der Waals surface area contributed by atoms with E-state index in [2.05, 4.69) is 5.32 Å². The summed E-state index contributed by atoms with van der Waals surface area (Å²) >= 11 is 1.32. The number of carbonyl (C=O) groups is 2. The number of nitriles is 1. The van der Waals surface area contributed by atoms with E-state index in [9.17, 15) is 32.4 Å². The first-order valence-electron chi connectivity index (χ1n) is 10.0. The van der Waals surface area contributed by atoms with Crippen LogP contribution >= 0.6 is 11.8 Å². The van der Waals surface area contributed by atoms with Crippen LogP contribution in [0, 0.1) is 29.5 Å². The Hall–Kier alpha value is -2.28. The molecule has 166 valence electrons. The van der Waals surface area contributed by atoms with Gasteiger partial charge in [-0.2, -0.15) is 18.4 Å². The zero-order valence-electron chi connectivity index (χ0n) is 16.8. The highest BCUT2D eigenvalue weighted by molar-refractivity contribution is 8.00. The molecule has 0 radical (unpaired) electrons. The summed E-state index contributed by atoms with van der Waals surface area (Å²) in [6, 6.07) is 5.19. The quantitative estimate of drug-likeness (QED) is 0.687. The van der Waals surface area contributed by atoms with Gasteiger partial charge in [-0.3, -0.25) is 9.59 Å². The lowest BCUT2D eigenvalue weighted by molar-refractivity contribution is -0.199. The van der Waals surface area contributed by atoms with Crippen molar-refractivity contribution in [3.63, 3.8) is 0 Å². The van der Waals surface area contributed by atoms with Crippen LogP contribution in [0.2, 0.25) is 0 Å². The summed E-state index contributed by atoms with van der Waals surface area (Å²) in [6.45, 7) is 1.70. The molecule has 2 atom stereocenters. The summed E-state index contributed by atoms with van der Waals surface area (Å²) in [5.74, 6) is -2.06. The number of alkyl halides is 3. The van der Waals surface area contributed by atoms with E-state index in [4.69, 9.17) is 0 Å². The van der Waals surface area contributed by atoms with Crippen molar-refractivity contribution in [2.75, 3.05) is 6.54 Å². The van der Waals surface area contributed by atoms with Crippen molar-refractivity contribution in [2.24, 2.45) is 5.41 Å². The molecule has 0 spiro atoms. The number of amides is 2. The molecule has 2 saturated carbocycles. The Kier molecular flexibility index (Phi) is 5.23. The summed E-state index contributed by atoms with van der Waals surface area (Å²) < 4.78 is 54.1. The van der Waals surface area contributed by atoms with E-state index in [1.54, 1.807) is 13.0 Å². The lowest BCUT2D eigenvalue weighted by Crippen LogP contribution is -2.53. The number of benzene rings is 1. The molecule has 2 amide bonds. The zero-order valence-corrected chi connectivity index (χ0v) is 17.6. The third-order valence-corrected chi connectivity index (χ3v) is 7.67. The van der Waals surface area contributed by atoms with Crippen molar-refractivity contribution in [3.8, 4) is 6.07 Å². The number of nitrogens with one attached hydrogen (secondary N) is 1. The first kappa shape index (κ1) is 21.9. The molecule has 3 fully saturated rings. The highest BCUT2D eigenvalue weighted by atomic mass is 32.2. The molecule has 31 heavy (non-hydrogen) atoms. The largest absolute Gasteiger partial charge is 0.403 e. The van der Waals surface area contributed by atoms with Gasteiger partial charge in [0.2, 0.25) is 11.8 Å². The van der Waals surface area contributed by atoms with Gasteiger partial charge in [-0.05, 0) is 62.8 Å².